The summed E-state index contributed by atoms with van der Waals surface area (Å²) in [5.74, 6) is -0.287. The van der Waals surface area contributed by atoms with Gasteiger partial charge in [0.05, 0.1) is 17.8 Å². The van der Waals surface area contributed by atoms with Crippen molar-refractivity contribution in [2.24, 2.45) is 5.92 Å². The number of hydrogen-bond donors (Lipinski definition) is 0. The third-order valence-corrected chi connectivity index (χ3v) is 4.90. The Hall–Kier alpha value is -0.910. The highest BCUT2D eigenvalue weighted by atomic mass is 79.9. The predicted octanol–water partition coefficient (Wildman–Crippen LogP) is 4.17. The number of ether oxygens (including phenoxy) is 3. The number of carbonyl (C=O) groups is 1. The van der Waals surface area contributed by atoms with E-state index in [9.17, 15) is 4.79 Å². The molecule has 0 bridgehead atoms. The number of carbonyl (C=O) groups excluding carboxylic acids is 1. The molecule has 1 aromatic carbocycles. The molecule has 0 radical (unpaired) electrons. The van der Waals surface area contributed by atoms with Gasteiger partial charge in [0.2, 0.25) is 0 Å². The van der Waals surface area contributed by atoms with E-state index < -0.39 is 0 Å². The summed E-state index contributed by atoms with van der Waals surface area (Å²) in [6.07, 6.45) is 1.60. The van der Waals surface area contributed by atoms with Crippen LogP contribution in [-0.4, -0.2) is 35.9 Å². The van der Waals surface area contributed by atoms with Crippen molar-refractivity contribution in [1.82, 2.24) is 0 Å². The molecule has 1 aliphatic heterocycles. The summed E-state index contributed by atoms with van der Waals surface area (Å²) in [6, 6.07) is 9.01. The molecule has 5 atom stereocenters. The van der Waals surface area contributed by atoms with Gasteiger partial charge in [-0.15, -0.1) is 0 Å². The molecule has 1 aliphatic rings. The minimum Gasteiger partial charge on any atom is -0.455 e. The molecule has 5 heteroatoms. The van der Waals surface area contributed by atoms with E-state index in [0.717, 1.165) is 12.8 Å². The second-order valence-electron chi connectivity index (χ2n) is 5.98. The molecule has 0 spiro atoms. The molecule has 0 saturated carbocycles. The minimum absolute atomic E-state index is 0.0436. The summed E-state index contributed by atoms with van der Waals surface area (Å²) in [6.45, 7) is 6.88. The van der Waals surface area contributed by atoms with Crippen molar-refractivity contribution in [3.8, 4) is 0 Å². The average Bonchev–Trinajstić information content (AvgIpc) is 2.55. The lowest BCUT2D eigenvalue weighted by Crippen LogP contribution is -2.52. The highest BCUT2D eigenvalue weighted by Crippen LogP contribution is 2.33. The van der Waals surface area contributed by atoms with Gasteiger partial charge in [-0.05, 0) is 25.5 Å². The molecular weight excluding hydrogens is 360 g/mol. The summed E-state index contributed by atoms with van der Waals surface area (Å²) in [7, 11) is 0. The molecule has 0 N–H and O–H groups in total. The number of hydrogen-bond acceptors (Lipinski definition) is 4. The number of alkyl halides is 1. The molecule has 0 aliphatic carbocycles. The standard InChI is InChI=1S/C18H25BrO4/c1-4-5-11-21-15-12(2)16(17(19)22-13(15)3)23-18(20)14-9-7-6-8-10-14/h6-10,12-13,15-17H,4-5,11H2,1-3H3. The number of halogens is 1. The fourth-order valence-corrected chi connectivity index (χ4v) is 3.72. The van der Waals surface area contributed by atoms with Crippen LogP contribution in [0.4, 0.5) is 0 Å². The first-order valence-electron chi connectivity index (χ1n) is 8.21. The molecule has 4 nitrogen and oxygen atoms in total. The molecule has 2 rings (SSSR count). The summed E-state index contributed by atoms with van der Waals surface area (Å²) < 4.78 is 17.5. The van der Waals surface area contributed by atoms with Crippen LogP contribution in [0.1, 0.15) is 44.0 Å². The Labute approximate surface area is 146 Å². The molecule has 5 unspecified atom stereocenters. The van der Waals surface area contributed by atoms with E-state index in [4.69, 9.17) is 14.2 Å². The SMILES string of the molecule is CCCCOC1C(C)OC(Br)C(OC(=O)c2ccccc2)C1C. The van der Waals surface area contributed by atoms with Crippen LogP contribution < -0.4 is 0 Å². The van der Waals surface area contributed by atoms with Crippen molar-refractivity contribution in [2.75, 3.05) is 6.61 Å². The highest BCUT2D eigenvalue weighted by molar-refractivity contribution is 9.09. The molecule has 1 aromatic rings. The quantitative estimate of drug-likeness (QED) is 0.419. The van der Waals surface area contributed by atoms with Crippen molar-refractivity contribution < 1.29 is 19.0 Å². The lowest BCUT2D eigenvalue weighted by atomic mass is 9.92. The van der Waals surface area contributed by atoms with Crippen LogP contribution >= 0.6 is 15.9 Å². The minimum atomic E-state index is -0.384. The van der Waals surface area contributed by atoms with Gasteiger partial charge in [-0.2, -0.15) is 0 Å². The van der Waals surface area contributed by atoms with Crippen LogP contribution in [0.2, 0.25) is 0 Å². The van der Waals surface area contributed by atoms with Gasteiger partial charge < -0.3 is 14.2 Å². The molecular formula is C18H25BrO4. The van der Waals surface area contributed by atoms with Gasteiger partial charge in [0.15, 0.2) is 0 Å². The fraction of sp³-hybridized carbons (Fsp3) is 0.611. The Balaban J connectivity index is 2.02. The lowest BCUT2D eigenvalue weighted by Gasteiger charge is -2.42. The van der Waals surface area contributed by atoms with E-state index in [0.29, 0.717) is 12.2 Å². The first-order chi connectivity index (χ1) is 11.0. The Morgan fingerprint density at radius 2 is 1.91 bits per heavy atom. The Bertz CT molecular complexity index is 493. The average molecular weight is 385 g/mol. The zero-order chi connectivity index (χ0) is 16.8. The van der Waals surface area contributed by atoms with Crippen LogP contribution in [-0.2, 0) is 14.2 Å². The van der Waals surface area contributed by atoms with E-state index in [1.165, 1.54) is 0 Å². The van der Waals surface area contributed by atoms with Crippen LogP contribution in [0.15, 0.2) is 30.3 Å². The van der Waals surface area contributed by atoms with Gasteiger partial charge in [-0.1, -0.05) is 54.4 Å². The Morgan fingerprint density at radius 3 is 2.57 bits per heavy atom. The maximum atomic E-state index is 12.3. The van der Waals surface area contributed by atoms with Gasteiger partial charge in [0.25, 0.3) is 0 Å². The zero-order valence-electron chi connectivity index (χ0n) is 13.9. The highest BCUT2D eigenvalue weighted by Gasteiger charge is 2.43. The third-order valence-electron chi connectivity index (χ3n) is 4.16. The monoisotopic (exact) mass is 384 g/mol. The molecule has 1 saturated heterocycles. The van der Waals surface area contributed by atoms with Crippen molar-refractivity contribution >= 4 is 21.9 Å². The molecule has 0 amide bonds. The van der Waals surface area contributed by atoms with E-state index in [1.807, 2.05) is 32.0 Å². The maximum absolute atomic E-state index is 12.3. The maximum Gasteiger partial charge on any atom is 0.338 e. The molecule has 23 heavy (non-hydrogen) atoms. The fourth-order valence-electron chi connectivity index (χ4n) is 2.79. The van der Waals surface area contributed by atoms with Crippen LogP contribution in [0.25, 0.3) is 0 Å². The molecule has 128 valence electrons. The summed E-state index contributed by atoms with van der Waals surface area (Å²) in [4.78, 5) is 12.3. The number of unbranched alkanes of at least 4 members (excludes halogenated alkanes) is 1. The second-order valence-corrected chi connectivity index (χ2v) is 6.88. The van der Waals surface area contributed by atoms with Crippen molar-refractivity contribution in [2.45, 2.75) is 56.9 Å². The summed E-state index contributed by atoms with van der Waals surface area (Å²) >= 11 is 3.49. The van der Waals surface area contributed by atoms with Crippen molar-refractivity contribution in [1.29, 1.82) is 0 Å². The van der Waals surface area contributed by atoms with Gasteiger partial charge in [-0.3, -0.25) is 0 Å². The second kappa shape index (κ2) is 8.81. The first-order valence-corrected chi connectivity index (χ1v) is 9.13. The Kier molecular flexibility index (Phi) is 7.06. The molecule has 0 aromatic heterocycles. The number of benzene rings is 1. The van der Waals surface area contributed by atoms with E-state index in [2.05, 4.69) is 22.9 Å². The normalized spacial score (nSPS) is 30.9. The predicted molar refractivity (Wildman–Crippen MR) is 92.7 cm³/mol. The van der Waals surface area contributed by atoms with Crippen LogP contribution in [0.3, 0.4) is 0 Å². The zero-order valence-corrected chi connectivity index (χ0v) is 15.5. The molecule has 1 fully saturated rings. The Morgan fingerprint density at radius 1 is 1.22 bits per heavy atom. The summed E-state index contributed by atoms with van der Waals surface area (Å²) in [5, 5.41) is -0.328. The van der Waals surface area contributed by atoms with Gasteiger partial charge >= 0.3 is 5.97 Å². The smallest absolute Gasteiger partial charge is 0.338 e. The number of rotatable bonds is 6. The van der Waals surface area contributed by atoms with E-state index >= 15 is 0 Å². The van der Waals surface area contributed by atoms with Gasteiger partial charge in [0.1, 0.15) is 11.1 Å². The van der Waals surface area contributed by atoms with Crippen LogP contribution in [0.5, 0.6) is 0 Å². The first kappa shape index (κ1) is 18.4. The lowest BCUT2D eigenvalue weighted by molar-refractivity contribution is -0.179. The van der Waals surface area contributed by atoms with Crippen molar-refractivity contribution in [3.05, 3.63) is 35.9 Å². The van der Waals surface area contributed by atoms with E-state index in [1.54, 1.807) is 12.1 Å². The number of esters is 1. The topological polar surface area (TPSA) is 44.8 Å². The van der Waals surface area contributed by atoms with Crippen LogP contribution in [0, 0.1) is 5.92 Å². The third kappa shape index (κ3) is 4.78. The molecule has 1 heterocycles. The van der Waals surface area contributed by atoms with Gasteiger partial charge in [-0.25, -0.2) is 4.79 Å². The van der Waals surface area contributed by atoms with Gasteiger partial charge in [0, 0.05) is 12.5 Å². The van der Waals surface area contributed by atoms with E-state index in [-0.39, 0.29) is 35.2 Å². The summed E-state index contributed by atoms with van der Waals surface area (Å²) in [5.41, 5.74) is 0.543. The van der Waals surface area contributed by atoms with Crippen molar-refractivity contribution in [3.63, 3.8) is 0 Å². The largest absolute Gasteiger partial charge is 0.455 e.